The Balaban J connectivity index is 1.97. The lowest BCUT2D eigenvalue weighted by Gasteiger charge is -2.17. The molecule has 0 aliphatic carbocycles. The molecule has 0 aliphatic rings. The molecule has 0 aromatic heterocycles. The molecule has 3 N–H and O–H groups in total. The first-order chi connectivity index (χ1) is 10.2. The van der Waals surface area contributed by atoms with E-state index in [1.54, 1.807) is 12.1 Å². The highest BCUT2D eigenvalue weighted by Crippen LogP contribution is 2.22. The standard InChI is InChI=1S/C16H18F2N2O/c17-16(18)21-14-9-7-13(8-10-14)15(20-19)11-6-12-4-2-1-3-5-12/h1-5,7-10,15-16,20H,6,11,19H2. The van der Waals surface area contributed by atoms with E-state index in [1.807, 2.05) is 18.2 Å². The monoisotopic (exact) mass is 292 g/mol. The van der Waals surface area contributed by atoms with E-state index in [0.717, 1.165) is 18.4 Å². The van der Waals surface area contributed by atoms with Gasteiger partial charge in [-0.25, -0.2) is 0 Å². The molecular weight excluding hydrogens is 274 g/mol. The summed E-state index contributed by atoms with van der Waals surface area (Å²) >= 11 is 0. The van der Waals surface area contributed by atoms with Crippen LogP contribution in [0.1, 0.15) is 23.6 Å². The van der Waals surface area contributed by atoms with Gasteiger partial charge < -0.3 is 4.74 Å². The maximum Gasteiger partial charge on any atom is 0.387 e. The molecule has 0 fully saturated rings. The Bertz CT molecular complexity index is 532. The number of ether oxygens (including phenoxy) is 1. The predicted octanol–water partition coefficient (Wildman–Crippen LogP) is 3.43. The number of benzene rings is 2. The lowest BCUT2D eigenvalue weighted by atomic mass is 9.99. The van der Waals surface area contributed by atoms with Gasteiger partial charge in [-0.1, -0.05) is 42.5 Å². The average molecular weight is 292 g/mol. The van der Waals surface area contributed by atoms with Gasteiger partial charge in [0.15, 0.2) is 0 Å². The number of alkyl halides is 2. The fraction of sp³-hybridized carbons (Fsp3) is 0.250. The van der Waals surface area contributed by atoms with Gasteiger partial charge in [-0.3, -0.25) is 11.3 Å². The molecule has 0 heterocycles. The van der Waals surface area contributed by atoms with E-state index in [1.165, 1.54) is 17.7 Å². The second kappa shape index (κ2) is 7.71. The topological polar surface area (TPSA) is 47.3 Å². The van der Waals surface area contributed by atoms with Crippen LogP contribution in [0.25, 0.3) is 0 Å². The molecule has 1 atom stereocenters. The van der Waals surface area contributed by atoms with Crippen molar-refractivity contribution in [1.29, 1.82) is 0 Å². The highest BCUT2D eigenvalue weighted by atomic mass is 19.3. The van der Waals surface area contributed by atoms with Crippen molar-refractivity contribution in [3.05, 3.63) is 65.7 Å². The second-order valence-corrected chi connectivity index (χ2v) is 4.69. The van der Waals surface area contributed by atoms with Crippen LogP contribution in [0.4, 0.5) is 8.78 Å². The minimum atomic E-state index is -2.81. The third-order valence-electron chi connectivity index (χ3n) is 3.27. The van der Waals surface area contributed by atoms with Gasteiger partial charge in [-0.15, -0.1) is 0 Å². The van der Waals surface area contributed by atoms with Gasteiger partial charge in [0.1, 0.15) is 5.75 Å². The number of halogens is 2. The summed E-state index contributed by atoms with van der Waals surface area (Å²) in [6, 6.07) is 16.6. The van der Waals surface area contributed by atoms with Crippen molar-refractivity contribution in [2.75, 3.05) is 0 Å². The number of nitrogens with one attached hydrogen (secondary N) is 1. The van der Waals surface area contributed by atoms with Crippen LogP contribution in [0.15, 0.2) is 54.6 Å². The summed E-state index contributed by atoms with van der Waals surface area (Å²) in [5, 5.41) is 0. The van der Waals surface area contributed by atoms with Crippen molar-refractivity contribution in [1.82, 2.24) is 5.43 Å². The summed E-state index contributed by atoms with van der Waals surface area (Å²) in [6.07, 6.45) is 1.69. The number of aryl methyl sites for hydroxylation is 1. The number of nitrogens with two attached hydrogens (primary N) is 1. The minimum Gasteiger partial charge on any atom is -0.435 e. The van der Waals surface area contributed by atoms with Gasteiger partial charge in [0.05, 0.1) is 0 Å². The molecule has 3 nitrogen and oxygen atoms in total. The van der Waals surface area contributed by atoms with Gasteiger partial charge in [0, 0.05) is 6.04 Å². The smallest absolute Gasteiger partial charge is 0.387 e. The number of rotatable bonds is 7. The van der Waals surface area contributed by atoms with E-state index < -0.39 is 6.61 Å². The van der Waals surface area contributed by atoms with Crippen LogP contribution < -0.4 is 16.0 Å². The van der Waals surface area contributed by atoms with Crippen LogP contribution in [0.2, 0.25) is 0 Å². The van der Waals surface area contributed by atoms with Gasteiger partial charge in [0.2, 0.25) is 0 Å². The maximum atomic E-state index is 12.1. The lowest BCUT2D eigenvalue weighted by molar-refractivity contribution is -0.0498. The van der Waals surface area contributed by atoms with Crippen LogP contribution in [-0.4, -0.2) is 6.61 Å². The Morgan fingerprint density at radius 3 is 2.24 bits per heavy atom. The van der Waals surface area contributed by atoms with Crippen molar-refractivity contribution in [3.63, 3.8) is 0 Å². The molecule has 2 rings (SSSR count). The third kappa shape index (κ3) is 4.81. The van der Waals surface area contributed by atoms with Crippen molar-refractivity contribution >= 4 is 0 Å². The van der Waals surface area contributed by atoms with E-state index in [4.69, 9.17) is 5.84 Å². The van der Waals surface area contributed by atoms with Crippen LogP contribution in [0, 0.1) is 0 Å². The molecule has 5 heteroatoms. The normalized spacial score (nSPS) is 12.4. The molecule has 21 heavy (non-hydrogen) atoms. The fourth-order valence-corrected chi connectivity index (χ4v) is 2.18. The Morgan fingerprint density at radius 2 is 1.67 bits per heavy atom. The van der Waals surface area contributed by atoms with Crippen molar-refractivity contribution in [2.45, 2.75) is 25.5 Å². The number of hydrazine groups is 1. The first-order valence-corrected chi connectivity index (χ1v) is 6.74. The molecule has 2 aromatic carbocycles. The molecule has 0 aliphatic heterocycles. The molecule has 1 unspecified atom stereocenters. The summed E-state index contributed by atoms with van der Waals surface area (Å²) in [5.41, 5.74) is 4.93. The van der Waals surface area contributed by atoms with Crippen LogP contribution in [0.5, 0.6) is 5.75 Å². The average Bonchev–Trinajstić information content (AvgIpc) is 2.50. The Morgan fingerprint density at radius 1 is 1.00 bits per heavy atom. The fourth-order valence-electron chi connectivity index (χ4n) is 2.18. The molecule has 0 bridgehead atoms. The molecule has 112 valence electrons. The summed E-state index contributed by atoms with van der Waals surface area (Å²) in [5.74, 6) is 5.73. The quantitative estimate of drug-likeness (QED) is 0.607. The first-order valence-electron chi connectivity index (χ1n) is 6.74. The number of hydrogen-bond acceptors (Lipinski definition) is 3. The SMILES string of the molecule is NNC(CCc1ccccc1)c1ccc(OC(F)F)cc1. The maximum absolute atomic E-state index is 12.1. The molecule has 0 saturated carbocycles. The third-order valence-corrected chi connectivity index (χ3v) is 3.27. The zero-order valence-corrected chi connectivity index (χ0v) is 11.5. The van der Waals surface area contributed by atoms with Gasteiger partial charge in [-0.2, -0.15) is 8.78 Å². The molecule has 0 radical (unpaired) electrons. The van der Waals surface area contributed by atoms with Gasteiger partial charge >= 0.3 is 6.61 Å². The zero-order valence-electron chi connectivity index (χ0n) is 11.5. The highest BCUT2D eigenvalue weighted by molar-refractivity contribution is 5.29. The van der Waals surface area contributed by atoms with Crippen molar-refractivity contribution in [3.8, 4) is 5.75 Å². The molecule has 0 spiro atoms. The summed E-state index contributed by atoms with van der Waals surface area (Å²) in [7, 11) is 0. The molecule has 2 aromatic rings. The lowest BCUT2D eigenvalue weighted by Crippen LogP contribution is -2.28. The van der Waals surface area contributed by atoms with Crippen LogP contribution in [-0.2, 0) is 6.42 Å². The number of hydrogen-bond donors (Lipinski definition) is 2. The Hall–Kier alpha value is -1.98. The van der Waals surface area contributed by atoms with Crippen LogP contribution >= 0.6 is 0 Å². The Kier molecular flexibility index (Phi) is 5.66. The van der Waals surface area contributed by atoms with Crippen molar-refractivity contribution in [2.24, 2.45) is 5.84 Å². The van der Waals surface area contributed by atoms with E-state index in [2.05, 4.69) is 22.3 Å². The van der Waals surface area contributed by atoms with E-state index in [-0.39, 0.29) is 11.8 Å². The first kappa shape index (κ1) is 15.4. The highest BCUT2D eigenvalue weighted by Gasteiger charge is 2.11. The minimum absolute atomic E-state index is 0.0363. The molecule has 0 amide bonds. The Labute approximate surface area is 122 Å². The van der Waals surface area contributed by atoms with E-state index in [9.17, 15) is 8.78 Å². The molecular formula is C16H18F2N2O. The summed E-state index contributed by atoms with van der Waals surface area (Å²) < 4.78 is 28.5. The van der Waals surface area contributed by atoms with E-state index in [0.29, 0.717) is 0 Å². The van der Waals surface area contributed by atoms with Gasteiger partial charge in [0.25, 0.3) is 0 Å². The zero-order chi connectivity index (χ0) is 15.1. The van der Waals surface area contributed by atoms with Gasteiger partial charge in [-0.05, 0) is 36.1 Å². The second-order valence-electron chi connectivity index (χ2n) is 4.69. The van der Waals surface area contributed by atoms with E-state index >= 15 is 0 Å². The summed E-state index contributed by atoms with van der Waals surface area (Å²) in [4.78, 5) is 0. The van der Waals surface area contributed by atoms with Crippen LogP contribution in [0.3, 0.4) is 0 Å². The van der Waals surface area contributed by atoms with Crippen molar-refractivity contribution < 1.29 is 13.5 Å². The summed E-state index contributed by atoms with van der Waals surface area (Å²) in [6.45, 7) is -2.81. The predicted molar refractivity (Wildman–Crippen MR) is 77.9 cm³/mol. The largest absolute Gasteiger partial charge is 0.435 e. The molecule has 0 saturated heterocycles.